The SMILES string of the molecule is CC(C)(C)OC(=O)N1CC(Oc2cccc(S(=O)(=O)c3ccc(Nc4ncc5c(n4)N([C@@H]4CCC[C@@H](OC6CCCCO6)C4)C(=O)C54CC4)cc3)c2)C1. The van der Waals surface area contributed by atoms with Crippen molar-refractivity contribution >= 4 is 39.3 Å². The van der Waals surface area contributed by atoms with Gasteiger partial charge in [-0.2, -0.15) is 4.98 Å². The molecule has 3 atom stereocenters. The van der Waals surface area contributed by atoms with E-state index in [1.54, 1.807) is 35.4 Å². The Morgan fingerprint density at radius 1 is 0.981 bits per heavy atom. The summed E-state index contributed by atoms with van der Waals surface area (Å²) in [5.41, 5.74) is 0.385. The molecule has 3 aliphatic heterocycles. The summed E-state index contributed by atoms with van der Waals surface area (Å²) < 4.78 is 50.8. The fraction of sp³-hybridized carbons (Fsp3) is 0.538. The van der Waals surface area contributed by atoms with Crippen LogP contribution in [-0.2, 0) is 34.3 Å². The summed E-state index contributed by atoms with van der Waals surface area (Å²) in [6.45, 7) is 6.89. The largest absolute Gasteiger partial charge is 0.487 e. The number of nitrogens with one attached hydrogen (secondary N) is 1. The van der Waals surface area contributed by atoms with Gasteiger partial charge in [-0.25, -0.2) is 18.2 Å². The summed E-state index contributed by atoms with van der Waals surface area (Å²) in [5, 5.41) is 3.22. The molecule has 2 saturated carbocycles. The lowest BCUT2D eigenvalue weighted by Crippen LogP contribution is -2.57. The summed E-state index contributed by atoms with van der Waals surface area (Å²) >= 11 is 0. The van der Waals surface area contributed by atoms with E-state index in [1.807, 2.05) is 25.7 Å². The molecule has 282 valence electrons. The van der Waals surface area contributed by atoms with Crippen molar-refractivity contribution in [1.29, 1.82) is 0 Å². The quantitative estimate of drug-likeness (QED) is 0.264. The molecule has 0 bridgehead atoms. The van der Waals surface area contributed by atoms with Crippen LogP contribution >= 0.6 is 0 Å². The number of hydrogen-bond acceptors (Lipinski definition) is 11. The van der Waals surface area contributed by atoms with Crippen LogP contribution in [0.15, 0.2) is 64.5 Å². The van der Waals surface area contributed by atoms with Gasteiger partial charge in [-0.05, 0) is 121 Å². The Morgan fingerprint density at radius 3 is 2.49 bits per heavy atom. The molecule has 8 rings (SSSR count). The number of likely N-dealkylation sites (tertiary alicyclic amines) is 1. The maximum absolute atomic E-state index is 13.9. The average Bonchev–Trinajstić information content (AvgIpc) is 3.88. The molecule has 1 unspecified atom stereocenters. The molecule has 3 aromatic rings. The second-order valence-corrected chi connectivity index (χ2v) is 17.8. The van der Waals surface area contributed by atoms with Crippen molar-refractivity contribution in [2.24, 2.45) is 0 Å². The fourth-order valence-corrected chi connectivity index (χ4v) is 9.03. The monoisotopic (exact) mass is 745 g/mol. The number of amides is 2. The number of carbonyl (C=O) groups excluding carboxylic acids is 2. The molecule has 13 nitrogen and oxygen atoms in total. The minimum absolute atomic E-state index is 0.0136. The van der Waals surface area contributed by atoms with E-state index in [4.69, 9.17) is 23.9 Å². The molecule has 1 spiro atoms. The van der Waals surface area contributed by atoms with E-state index >= 15 is 0 Å². The number of benzene rings is 2. The van der Waals surface area contributed by atoms with Gasteiger partial charge < -0.3 is 29.2 Å². The van der Waals surface area contributed by atoms with Crippen molar-refractivity contribution in [3.05, 3.63) is 60.3 Å². The van der Waals surface area contributed by atoms with Gasteiger partial charge in [0.25, 0.3) is 0 Å². The zero-order valence-electron chi connectivity index (χ0n) is 30.5. The summed E-state index contributed by atoms with van der Waals surface area (Å²) in [6.07, 6.45) is 9.21. The Morgan fingerprint density at radius 2 is 1.77 bits per heavy atom. The van der Waals surface area contributed by atoms with E-state index in [0.29, 0.717) is 36.3 Å². The summed E-state index contributed by atoms with van der Waals surface area (Å²) in [7, 11) is -3.86. The van der Waals surface area contributed by atoms with Crippen LogP contribution in [0.25, 0.3) is 0 Å². The predicted octanol–water partition coefficient (Wildman–Crippen LogP) is 6.28. The highest BCUT2D eigenvalue weighted by Crippen LogP contribution is 2.58. The minimum Gasteiger partial charge on any atom is -0.487 e. The maximum atomic E-state index is 13.9. The Balaban J connectivity index is 0.925. The Labute approximate surface area is 310 Å². The average molecular weight is 746 g/mol. The summed E-state index contributed by atoms with van der Waals surface area (Å²) in [4.78, 5) is 39.3. The van der Waals surface area contributed by atoms with Gasteiger partial charge in [0, 0.05) is 30.1 Å². The number of sulfone groups is 1. The number of carbonyl (C=O) groups is 2. The second kappa shape index (κ2) is 13.9. The third-order valence-electron chi connectivity index (χ3n) is 10.7. The molecule has 2 aliphatic carbocycles. The van der Waals surface area contributed by atoms with E-state index in [1.165, 1.54) is 24.3 Å². The molecule has 2 saturated heterocycles. The number of fused-ring (bicyclic) bond motifs is 2. The summed E-state index contributed by atoms with van der Waals surface area (Å²) in [6, 6.07) is 12.8. The van der Waals surface area contributed by atoms with Crippen LogP contribution in [0, 0.1) is 0 Å². The van der Waals surface area contributed by atoms with Crippen LogP contribution in [-0.4, -0.2) is 85.1 Å². The Bertz CT molecular complexity index is 1970. The molecule has 4 heterocycles. The third kappa shape index (κ3) is 7.33. The van der Waals surface area contributed by atoms with Crippen molar-refractivity contribution in [3.63, 3.8) is 0 Å². The number of aromatic nitrogens is 2. The fourth-order valence-electron chi connectivity index (χ4n) is 7.73. The summed E-state index contributed by atoms with van der Waals surface area (Å²) in [5.74, 6) is 1.51. The van der Waals surface area contributed by atoms with Crippen LogP contribution in [0.4, 0.5) is 22.2 Å². The van der Waals surface area contributed by atoms with E-state index in [9.17, 15) is 18.0 Å². The van der Waals surface area contributed by atoms with Crippen LogP contribution in [0.3, 0.4) is 0 Å². The third-order valence-corrected chi connectivity index (χ3v) is 12.4. The van der Waals surface area contributed by atoms with Gasteiger partial charge in [-0.3, -0.25) is 9.69 Å². The van der Waals surface area contributed by atoms with Gasteiger partial charge in [0.15, 0.2) is 6.29 Å². The van der Waals surface area contributed by atoms with Crippen LogP contribution in [0.2, 0.25) is 0 Å². The Hall–Kier alpha value is -4.27. The standard InChI is InChI=1S/C39H47N5O8S/c1-38(2,3)52-37(46)43-23-29(24-43)50-28-10-7-11-31(21-28)53(47,48)30-15-13-25(14-16-30)41-36-40-22-32-34(42-36)44(35(45)39(32)17-18-39)26-8-6-9-27(20-26)51-33-12-4-5-19-49-33/h7,10-11,13-16,21-22,26-27,29,33H,4-6,8-9,12,17-20,23-24H2,1-3H3,(H,40,41,42)/t26-,27-,33?/m1/s1. The van der Waals surface area contributed by atoms with Gasteiger partial charge in [0.2, 0.25) is 21.7 Å². The van der Waals surface area contributed by atoms with Crippen molar-refractivity contribution in [2.45, 2.75) is 124 Å². The molecule has 2 amide bonds. The van der Waals surface area contributed by atoms with Crippen LogP contribution in [0.1, 0.15) is 84.1 Å². The predicted molar refractivity (Wildman–Crippen MR) is 195 cm³/mol. The first kappa shape index (κ1) is 35.7. The molecule has 0 radical (unpaired) electrons. The van der Waals surface area contributed by atoms with Crippen molar-refractivity contribution in [1.82, 2.24) is 14.9 Å². The van der Waals surface area contributed by atoms with Crippen LogP contribution < -0.4 is 15.0 Å². The first-order valence-electron chi connectivity index (χ1n) is 18.7. The van der Waals surface area contributed by atoms with Gasteiger partial charge in [0.05, 0.1) is 34.4 Å². The minimum atomic E-state index is -3.86. The number of hydrogen-bond donors (Lipinski definition) is 1. The van der Waals surface area contributed by atoms with E-state index in [0.717, 1.165) is 70.0 Å². The lowest BCUT2D eigenvalue weighted by molar-refractivity contribution is -0.193. The molecule has 1 N–H and O–H groups in total. The highest BCUT2D eigenvalue weighted by Gasteiger charge is 2.61. The second-order valence-electron chi connectivity index (χ2n) is 15.8. The van der Waals surface area contributed by atoms with Crippen molar-refractivity contribution < 1.29 is 37.0 Å². The number of ether oxygens (including phenoxy) is 4. The van der Waals surface area contributed by atoms with Crippen molar-refractivity contribution in [2.75, 3.05) is 29.9 Å². The molecule has 2 aromatic carbocycles. The van der Waals surface area contributed by atoms with E-state index in [2.05, 4.69) is 10.3 Å². The first-order valence-corrected chi connectivity index (χ1v) is 20.2. The number of nitrogens with zero attached hydrogens (tertiary/aromatic N) is 4. The topological polar surface area (TPSA) is 149 Å². The van der Waals surface area contributed by atoms with Gasteiger partial charge >= 0.3 is 6.09 Å². The molecule has 14 heteroatoms. The lowest BCUT2D eigenvalue weighted by atomic mass is 9.91. The van der Waals surface area contributed by atoms with Crippen molar-refractivity contribution in [3.8, 4) is 5.75 Å². The first-order chi connectivity index (χ1) is 25.4. The smallest absolute Gasteiger partial charge is 0.410 e. The van der Waals surface area contributed by atoms with E-state index in [-0.39, 0.29) is 40.2 Å². The normalized spacial score (nSPS) is 24.1. The zero-order valence-corrected chi connectivity index (χ0v) is 31.3. The molecule has 5 aliphatic rings. The number of rotatable bonds is 9. The molecular weight excluding hydrogens is 699 g/mol. The molecule has 4 fully saturated rings. The zero-order chi connectivity index (χ0) is 37.0. The lowest BCUT2D eigenvalue weighted by Gasteiger charge is -2.39. The van der Waals surface area contributed by atoms with Gasteiger partial charge in [-0.15, -0.1) is 0 Å². The molecular formula is C39H47N5O8S. The highest BCUT2D eigenvalue weighted by atomic mass is 32.2. The molecule has 53 heavy (non-hydrogen) atoms. The molecule has 1 aromatic heterocycles. The van der Waals surface area contributed by atoms with Gasteiger partial charge in [-0.1, -0.05) is 6.07 Å². The maximum Gasteiger partial charge on any atom is 0.410 e. The van der Waals surface area contributed by atoms with E-state index < -0.39 is 26.9 Å². The Kier molecular flexibility index (Phi) is 9.34. The highest BCUT2D eigenvalue weighted by molar-refractivity contribution is 7.91. The number of anilines is 3. The van der Waals surface area contributed by atoms with Gasteiger partial charge in [0.1, 0.15) is 23.3 Å². The van der Waals surface area contributed by atoms with Crippen LogP contribution in [0.5, 0.6) is 5.75 Å².